The molecule has 0 saturated carbocycles. The number of alkyl halides is 3. The van der Waals surface area contributed by atoms with Crippen LogP contribution in [-0.2, 0) is 33.1 Å². The van der Waals surface area contributed by atoms with Gasteiger partial charge in [-0.1, -0.05) is 12.1 Å². The average Bonchev–Trinajstić information content (AvgIpc) is 4.11. The van der Waals surface area contributed by atoms with Crippen LogP contribution in [0.1, 0.15) is 85.5 Å². The number of nitrogens with one attached hydrogen (secondary N) is 2. The molecule has 2 aromatic carbocycles. The number of hydrogen-bond donors (Lipinski definition) is 4. The van der Waals surface area contributed by atoms with Crippen molar-refractivity contribution < 1.29 is 58.9 Å². The molecular formula is C42H46F4N14O9S2. The second kappa shape index (κ2) is 20.4. The molecule has 23 nitrogen and oxygen atoms in total. The fourth-order valence-electron chi connectivity index (χ4n) is 7.33. The van der Waals surface area contributed by atoms with E-state index in [4.69, 9.17) is 4.74 Å². The summed E-state index contributed by atoms with van der Waals surface area (Å²) in [6.07, 6.45) is -4.69. The largest absolute Gasteiger partial charge is 0.483 e. The van der Waals surface area contributed by atoms with Gasteiger partial charge in [0.2, 0.25) is 31.7 Å². The van der Waals surface area contributed by atoms with Crippen molar-refractivity contribution >= 4 is 43.5 Å². The minimum atomic E-state index is -4.69. The zero-order valence-corrected chi connectivity index (χ0v) is 40.2. The highest BCUT2D eigenvalue weighted by atomic mass is 32.2. The van der Waals surface area contributed by atoms with E-state index in [9.17, 15) is 54.2 Å². The van der Waals surface area contributed by atoms with Crippen molar-refractivity contribution in [1.82, 2.24) is 59.0 Å². The summed E-state index contributed by atoms with van der Waals surface area (Å²) in [5.41, 5.74) is 0.274. The van der Waals surface area contributed by atoms with Crippen LogP contribution in [0.4, 0.5) is 29.2 Å². The van der Waals surface area contributed by atoms with E-state index < -0.39 is 85.5 Å². The van der Waals surface area contributed by atoms with E-state index in [2.05, 4.69) is 51.7 Å². The zero-order valence-electron chi connectivity index (χ0n) is 38.6. The summed E-state index contributed by atoms with van der Waals surface area (Å²) in [7, 11) is -7.79. The first-order valence-corrected chi connectivity index (χ1v) is 24.4. The van der Waals surface area contributed by atoms with E-state index in [1.165, 1.54) is 36.2 Å². The molecule has 29 heteroatoms. The van der Waals surface area contributed by atoms with Gasteiger partial charge in [-0.2, -0.15) is 21.8 Å². The average molecular weight is 1030 g/mol. The van der Waals surface area contributed by atoms with Gasteiger partial charge in [0.25, 0.3) is 11.8 Å². The molecule has 6 aromatic rings. The summed E-state index contributed by atoms with van der Waals surface area (Å²) in [6, 6.07) is 11.9. The summed E-state index contributed by atoms with van der Waals surface area (Å²) in [5, 5.41) is 46.4. The van der Waals surface area contributed by atoms with Crippen molar-refractivity contribution in [2.24, 2.45) is 0 Å². The molecule has 2 aliphatic heterocycles. The molecule has 2 atom stereocenters. The number of carbonyl (C=O) groups excluding carboxylic acids is 2. The van der Waals surface area contributed by atoms with Crippen molar-refractivity contribution in [3.63, 3.8) is 0 Å². The number of halogens is 4. The van der Waals surface area contributed by atoms with Crippen LogP contribution < -0.4 is 15.4 Å². The van der Waals surface area contributed by atoms with Crippen molar-refractivity contribution in [3.05, 3.63) is 88.7 Å². The number of aliphatic hydroxyl groups excluding tert-OH is 2. The summed E-state index contributed by atoms with van der Waals surface area (Å²) in [6.45, 7) is 8.05. The highest BCUT2D eigenvalue weighted by molar-refractivity contribution is 7.89. The van der Waals surface area contributed by atoms with Crippen LogP contribution in [0.3, 0.4) is 0 Å². The fourth-order valence-corrected chi connectivity index (χ4v) is 11.0. The summed E-state index contributed by atoms with van der Waals surface area (Å²) in [5.74, 6) is -2.47. The lowest BCUT2D eigenvalue weighted by Gasteiger charge is -2.18. The third-order valence-electron chi connectivity index (χ3n) is 11.0. The van der Waals surface area contributed by atoms with Crippen molar-refractivity contribution in [1.29, 1.82) is 0 Å². The molecule has 0 bridgehead atoms. The molecule has 0 radical (unpaired) electrons. The number of amides is 2. The number of nitrogens with zero attached hydrogens (tertiary/aromatic N) is 12. The maximum atomic E-state index is 14.7. The molecule has 0 aliphatic carbocycles. The highest BCUT2D eigenvalue weighted by Gasteiger charge is 2.40. The van der Waals surface area contributed by atoms with Gasteiger partial charge in [-0.05, 0) is 122 Å². The van der Waals surface area contributed by atoms with E-state index in [-0.39, 0.29) is 76.7 Å². The monoisotopic (exact) mass is 1030 g/mol. The van der Waals surface area contributed by atoms with Crippen LogP contribution in [0.15, 0.2) is 70.5 Å². The fraction of sp³-hybridized carbons (Fsp3) is 0.381. The predicted molar refractivity (Wildman–Crippen MR) is 242 cm³/mol. The van der Waals surface area contributed by atoms with Gasteiger partial charge in [-0.25, -0.2) is 40.6 Å². The third-order valence-corrected chi connectivity index (χ3v) is 15.2. The van der Waals surface area contributed by atoms with Gasteiger partial charge in [-0.15, -0.1) is 10.2 Å². The minimum absolute atomic E-state index is 0.00682. The summed E-state index contributed by atoms with van der Waals surface area (Å²) in [4.78, 5) is 34.3. The number of ether oxygens (including phenoxy) is 1. The number of tetrazole rings is 2. The molecule has 2 aliphatic rings. The zero-order chi connectivity index (χ0) is 51.7. The van der Waals surface area contributed by atoms with E-state index in [0.29, 0.717) is 11.3 Å². The molecule has 6 heterocycles. The van der Waals surface area contributed by atoms with E-state index >= 15 is 0 Å². The second-order valence-electron chi connectivity index (χ2n) is 16.8. The number of hydrogen-bond acceptors (Lipinski definition) is 17. The Hall–Kier alpha value is -6.92. The Morgan fingerprint density at radius 1 is 0.690 bits per heavy atom. The van der Waals surface area contributed by atoms with Gasteiger partial charge < -0.3 is 25.6 Å². The van der Waals surface area contributed by atoms with Gasteiger partial charge in [0.1, 0.15) is 34.6 Å². The Labute approximate surface area is 403 Å². The van der Waals surface area contributed by atoms with Crippen LogP contribution in [-0.4, -0.2) is 136 Å². The molecule has 4 N–H and O–H groups in total. The number of pyridine rings is 2. The maximum absolute atomic E-state index is 14.7. The number of fused-ring (bicyclic) bond motifs is 2. The van der Waals surface area contributed by atoms with Gasteiger partial charge in [0, 0.05) is 25.2 Å². The molecule has 4 aromatic heterocycles. The molecule has 2 amide bonds. The number of benzene rings is 2. The Balaban J connectivity index is 0.000000211. The smallest absolute Gasteiger partial charge is 0.422 e. The SMILES string of the molecule is CC(C)N1Cc2cc(F)c(C(=O)Nc3cccc(-c4nnnn4[C@H](C)CO)n3)cc2S1(=O)=O.CC(C)N1Cc2cc(OCC(F)(F)F)c(C(=O)Nc3cccc(-c4nnnn4[C@H](C)CO)n3)cc2S1(=O)=O. The van der Waals surface area contributed by atoms with E-state index in [1.54, 1.807) is 59.7 Å². The third kappa shape index (κ3) is 10.9. The van der Waals surface area contributed by atoms with Gasteiger partial charge in [0.05, 0.1) is 46.2 Å². The van der Waals surface area contributed by atoms with Crippen molar-refractivity contribution in [2.45, 2.75) is 94.8 Å². The summed E-state index contributed by atoms with van der Waals surface area (Å²) < 4.78 is 115. The van der Waals surface area contributed by atoms with Gasteiger partial charge in [0.15, 0.2) is 6.61 Å². The van der Waals surface area contributed by atoms with Crippen LogP contribution in [0.5, 0.6) is 5.75 Å². The van der Waals surface area contributed by atoms with Crippen LogP contribution in [0.25, 0.3) is 23.0 Å². The van der Waals surface area contributed by atoms with Crippen LogP contribution in [0, 0.1) is 5.82 Å². The Morgan fingerprint density at radius 3 is 1.56 bits per heavy atom. The first-order chi connectivity index (χ1) is 33.4. The number of aliphatic hydroxyl groups is 2. The van der Waals surface area contributed by atoms with Crippen LogP contribution in [0.2, 0.25) is 0 Å². The highest BCUT2D eigenvalue weighted by Crippen LogP contribution is 2.38. The lowest BCUT2D eigenvalue weighted by Crippen LogP contribution is -2.31. The van der Waals surface area contributed by atoms with Crippen molar-refractivity contribution in [2.75, 3.05) is 30.5 Å². The Morgan fingerprint density at radius 2 is 1.13 bits per heavy atom. The maximum Gasteiger partial charge on any atom is 0.422 e. The summed E-state index contributed by atoms with van der Waals surface area (Å²) >= 11 is 0. The number of sulfonamides is 2. The van der Waals surface area contributed by atoms with Crippen molar-refractivity contribution in [3.8, 4) is 28.8 Å². The predicted octanol–water partition coefficient (Wildman–Crippen LogP) is 3.99. The number of anilines is 2. The first kappa shape index (κ1) is 51.9. The van der Waals surface area contributed by atoms with E-state index in [1.807, 2.05) is 0 Å². The standard InChI is InChI=1S/C22H24F3N7O5S.C20H22FN7O4S/c1-12(2)31-9-14-7-17(37-11-22(23,24)25)15(8-18(14)38(31,35)36)21(34)27-19-6-4-5-16(26-19)20-28-29-30-32(20)13(3)10-33;1-11(2)27-9-13-7-15(21)14(8-17(13)33(27,31)32)20(30)23-18-6-4-5-16(22-18)19-24-25-26-28(19)12(3)10-29/h4-8,12-13,33H,9-11H2,1-3H3,(H,26,27,34);4-8,11-12,29H,9-10H2,1-3H3,(H,22,23,30)/t13-;12-/m11/s1. The lowest BCUT2D eigenvalue weighted by atomic mass is 10.1. The van der Waals surface area contributed by atoms with Gasteiger partial charge in [-0.3, -0.25) is 9.59 Å². The lowest BCUT2D eigenvalue weighted by molar-refractivity contribution is -0.153. The van der Waals surface area contributed by atoms with Crippen LogP contribution >= 0.6 is 0 Å². The Bertz CT molecular complexity index is 3210. The van der Waals surface area contributed by atoms with Gasteiger partial charge >= 0.3 is 6.18 Å². The van der Waals surface area contributed by atoms with E-state index in [0.717, 1.165) is 24.3 Å². The molecular weight excluding hydrogens is 985 g/mol. The molecule has 8 rings (SSSR count). The number of aromatic nitrogens is 10. The first-order valence-electron chi connectivity index (χ1n) is 21.5. The minimum Gasteiger partial charge on any atom is -0.483 e. The molecule has 0 spiro atoms. The number of rotatable bonds is 14. The molecule has 0 unspecified atom stereocenters. The molecule has 378 valence electrons. The quantitative estimate of drug-likeness (QED) is 0.112. The molecule has 0 saturated heterocycles. The number of carbonyl (C=O) groups is 2. The topological polar surface area (TPSA) is 296 Å². The normalized spacial score (nSPS) is 16.0. The molecule has 0 fully saturated rings. The second-order valence-corrected chi connectivity index (χ2v) is 20.5. The Kier molecular flexibility index (Phi) is 14.9. The molecule has 71 heavy (non-hydrogen) atoms.